The first kappa shape index (κ1) is 28.6. The largest absolute Gasteiger partial charge is 0.350 e. The average Bonchev–Trinajstić information content (AvgIpc) is 2.73. The van der Waals surface area contributed by atoms with Crippen LogP contribution in [0.15, 0.2) is 42.5 Å². The lowest BCUT2D eigenvalue weighted by atomic mass is 10.1. The number of amides is 2. The van der Waals surface area contributed by atoms with Gasteiger partial charge in [0.1, 0.15) is 18.4 Å². The molecule has 35 heavy (non-hydrogen) atoms. The van der Waals surface area contributed by atoms with Crippen LogP contribution in [0.1, 0.15) is 45.2 Å². The van der Waals surface area contributed by atoms with Gasteiger partial charge in [-0.05, 0) is 69.5 Å². The standard InChI is InChI=1S/C25H33ClFN3O4S/c1-7-21(24(32)28-25(3,4)5)29(15-18-9-12-20(27)13-10-18)23(31)16-30(35(6,33)34)22-14-19(26)11-8-17(22)2/h8-14,21H,7,15-16H2,1-6H3,(H,28,32). The Balaban J connectivity index is 2.49. The number of rotatable bonds is 9. The molecule has 2 aromatic carbocycles. The number of aryl methyl sites for hydroxylation is 1. The van der Waals surface area contributed by atoms with Gasteiger partial charge in [0.2, 0.25) is 21.8 Å². The third-order valence-electron chi connectivity index (χ3n) is 5.27. The number of benzene rings is 2. The van der Waals surface area contributed by atoms with E-state index in [4.69, 9.17) is 11.6 Å². The Bertz CT molecular complexity index is 1160. The Morgan fingerprint density at radius 2 is 1.71 bits per heavy atom. The summed E-state index contributed by atoms with van der Waals surface area (Å²) in [6.45, 7) is 8.45. The fraction of sp³-hybridized carbons (Fsp3) is 0.440. The highest BCUT2D eigenvalue weighted by Gasteiger charge is 2.33. The number of hydrogen-bond acceptors (Lipinski definition) is 4. The van der Waals surface area contributed by atoms with Crippen LogP contribution in [0.5, 0.6) is 0 Å². The summed E-state index contributed by atoms with van der Waals surface area (Å²) in [6, 6.07) is 9.51. The maximum atomic E-state index is 13.6. The van der Waals surface area contributed by atoms with Gasteiger partial charge in [-0.3, -0.25) is 13.9 Å². The summed E-state index contributed by atoms with van der Waals surface area (Å²) in [4.78, 5) is 28.1. The van der Waals surface area contributed by atoms with Gasteiger partial charge in [-0.25, -0.2) is 12.8 Å². The maximum Gasteiger partial charge on any atom is 0.244 e. The lowest BCUT2D eigenvalue weighted by Crippen LogP contribution is -2.55. The van der Waals surface area contributed by atoms with E-state index in [0.29, 0.717) is 22.6 Å². The summed E-state index contributed by atoms with van der Waals surface area (Å²) in [7, 11) is -3.87. The second-order valence-electron chi connectivity index (χ2n) is 9.51. The van der Waals surface area contributed by atoms with Crippen molar-refractivity contribution in [3.8, 4) is 0 Å². The number of halogens is 2. The molecule has 192 valence electrons. The quantitative estimate of drug-likeness (QED) is 0.529. The Kier molecular flexibility index (Phi) is 9.30. The van der Waals surface area contributed by atoms with Crippen molar-refractivity contribution >= 4 is 39.1 Å². The van der Waals surface area contributed by atoms with Crippen molar-refractivity contribution in [3.63, 3.8) is 0 Å². The molecule has 1 atom stereocenters. The number of nitrogens with one attached hydrogen (secondary N) is 1. The van der Waals surface area contributed by atoms with Crippen LogP contribution in [0.3, 0.4) is 0 Å². The second-order valence-corrected chi connectivity index (χ2v) is 11.9. The van der Waals surface area contributed by atoms with E-state index in [2.05, 4.69) is 5.32 Å². The summed E-state index contributed by atoms with van der Waals surface area (Å²) < 4.78 is 39.8. The number of nitrogens with zero attached hydrogens (tertiary/aromatic N) is 2. The molecule has 1 N–H and O–H groups in total. The summed E-state index contributed by atoms with van der Waals surface area (Å²) >= 11 is 6.11. The van der Waals surface area contributed by atoms with Crippen LogP contribution in [-0.4, -0.2) is 49.5 Å². The lowest BCUT2D eigenvalue weighted by molar-refractivity contribution is -0.141. The molecule has 1 unspecified atom stereocenters. The molecule has 0 radical (unpaired) electrons. The second kappa shape index (κ2) is 11.4. The van der Waals surface area contributed by atoms with Gasteiger partial charge in [-0.15, -0.1) is 0 Å². The van der Waals surface area contributed by atoms with Crippen LogP contribution in [0, 0.1) is 12.7 Å². The Hall–Kier alpha value is -2.65. The van der Waals surface area contributed by atoms with Crippen molar-refractivity contribution in [1.82, 2.24) is 10.2 Å². The van der Waals surface area contributed by atoms with Gasteiger partial charge in [0, 0.05) is 17.1 Å². The molecule has 0 fully saturated rings. The molecule has 0 saturated heterocycles. The van der Waals surface area contributed by atoms with Gasteiger partial charge in [0.15, 0.2) is 0 Å². The van der Waals surface area contributed by atoms with Crippen LogP contribution in [0.2, 0.25) is 5.02 Å². The van der Waals surface area contributed by atoms with Crippen LogP contribution < -0.4 is 9.62 Å². The van der Waals surface area contributed by atoms with E-state index in [1.807, 2.05) is 20.8 Å². The zero-order chi connectivity index (χ0) is 26.6. The van der Waals surface area contributed by atoms with Gasteiger partial charge >= 0.3 is 0 Å². The number of carbonyl (C=O) groups is 2. The van der Waals surface area contributed by atoms with E-state index >= 15 is 0 Å². The topological polar surface area (TPSA) is 86.8 Å². The van der Waals surface area contributed by atoms with Crippen molar-refractivity contribution in [1.29, 1.82) is 0 Å². The molecule has 0 aliphatic carbocycles. The van der Waals surface area contributed by atoms with E-state index < -0.39 is 39.9 Å². The Morgan fingerprint density at radius 1 is 1.11 bits per heavy atom. The minimum absolute atomic E-state index is 0.00130. The molecule has 7 nitrogen and oxygen atoms in total. The van der Waals surface area contributed by atoms with Crippen molar-refractivity contribution in [2.24, 2.45) is 0 Å². The fourth-order valence-corrected chi connectivity index (χ4v) is 4.67. The van der Waals surface area contributed by atoms with Crippen LogP contribution in [0.4, 0.5) is 10.1 Å². The van der Waals surface area contributed by atoms with E-state index in [1.165, 1.54) is 35.2 Å². The van der Waals surface area contributed by atoms with E-state index in [-0.39, 0.29) is 18.1 Å². The van der Waals surface area contributed by atoms with Crippen molar-refractivity contribution in [3.05, 3.63) is 64.4 Å². The number of sulfonamides is 1. The van der Waals surface area contributed by atoms with Crippen LogP contribution in [0.25, 0.3) is 0 Å². The van der Waals surface area contributed by atoms with Crippen molar-refractivity contribution in [2.45, 2.75) is 59.2 Å². The molecule has 2 aromatic rings. The first-order valence-electron chi connectivity index (χ1n) is 11.2. The predicted octanol–water partition coefficient (Wildman–Crippen LogP) is 4.28. The minimum Gasteiger partial charge on any atom is -0.350 e. The highest BCUT2D eigenvalue weighted by molar-refractivity contribution is 7.92. The minimum atomic E-state index is -3.87. The third-order valence-corrected chi connectivity index (χ3v) is 6.63. The monoisotopic (exact) mass is 525 g/mol. The molecule has 2 rings (SSSR count). The smallest absolute Gasteiger partial charge is 0.244 e. The van der Waals surface area contributed by atoms with E-state index in [1.54, 1.807) is 26.0 Å². The summed E-state index contributed by atoms with van der Waals surface area (Å²) in [5.41, 5.74) is 0.968. The SMILES string of the molecule is CCC(C(=O)NC(C)(C)C)N(Cc1ccc(F)cc1)C(=O)CN(c1cc(Cl)ccc1C)S(C)(=O)=O. The molecule has 0 saturated carbocycles. The summed E-state index contributed by atoms with van der Waals surface area (Å²) in [5.74, 6) is -1.36. The number of hydrogen-bond donors (Lipinski definition) is 1. The van der Waals surface area contributed by atoms with Gasteiger partial charge < -0.3 is 10.2 Å². The Labute approximate surface area is 212 Å². The van der Waals surface area contributed by atoms with E-state index in [9.17, 15) is 22.4 Å². The number of carbonyl (C=O) groups excluding carboxylic acids is 2. The molecular formula is C25H33ClFN3O4S. The maximum absolute atomic E-state index is 13.6. The van der Waals surface area contributed by atoms with Gasteiger partial charge in [0.25, 0.3) is 0 Å². The molecule has 10 heteroatoms. The molecular weight excluding hydrogens is 493 g/mol. The Morgan fingerprint density at radius 3 is 2.23 bits per heavy atom. The summed E-state index contributed by atoms with van der Waals surface area (Å²) in [5, 5.41) is 3.21. The lowest BCUT2D eigenvalue weighted by Gasteiger charge is -2.34. The van der Waals surface area contributed by atoms with Crippen LogP contribution in [-0.2, 0) is 26.2 Å². The molecule has 0 spiro atoms. The zero-order valence-corrected chi connectivity index (χ0v) is 22.5. The first-order chi connectivity index (χ1) is 16.1. The zero-order valence-electron chi connectivity index (χ0n) is 20.9. The highest BCUT2D eigenvalue weighted by atomic mass is 35.5. The van der Waals surface area contributed by atoms with Gasteiger partial charge in [-0.1, -0.05) is 36.7 Å². The molecule has 0 heterocycles. The van der Waals surface area contributed by atoms with E-state index in [0.717, 1.165) is 10.6 Å². The number of anilines is 1. The molecule has 0 bridgehead atoms. The molecule has 2 amide bonds. The predicted molar refractivity (Wildman–Crippen MR) is 137 cm³/mol. The molecule has 0 aliphatic heterocycles. The summed E-state index contributed by atoms with van der Waals surface area (Å²) in [6.07, 6.45) is 1.30. The molecule has 0 aliphatic rings. The van der Waals surface area contributed by atoms with Gasteiger partial charge in [0.05, 0.1) is 11.9 Å². The molecule has 0 aromatic heterocycles. The van der Waals surface area contributed by atoms with Crippen LogP contribution >= 0.6 is 11.6 Å². The van der Waals surface area contributed by atoms with Crippen molar-refractivity contribution < 1.29 is 22.4 Å². The highest BCUT2D eigenvalue weighted by Crippen LogP contribution is 2.27. The fourth-order valence-electron chi connectivity index (χ4n) is 3.60. The normalized spacial score (nSPS) is 12.7. The third kappa shape index (κ3) is 8.21. The first-order valence-corrected chi connectivity index (χ1v) is 13.4. The van der Waals surface area contributed by atoms with Crippen molar-refractivity contribution in [2.75, 3.05) is 17.1 Å². The average molecular weight is 526 g/mol. The van der Waals surface area contributed by atoms with Gasteiger partial charge in [-0.2, -0.15) is 0 Å².